The van der Waals surface area contributed by atoms with Crippen LogP contribution in [0.15, 0.2) is 83.1 Å². The Kier molecular flexibility index (Phi) is 5.71. The Labute approximate surface area is 203 Å². The summed E-state index contributed by atoms with van der Waals surface area (Å²) in [5.74, 6) is -0.406. The van der Waals surface area contributed by atoms with Gasteiger partial charge in [-0.1, -0.05) is 54.1 Å². The average Bonchev–Trinajstić information content (AvgIpc) is 3.43. The topological polar surface area (TPSA) is 79.4 Å². The second-order valence-corrected chi connectivity index (χ2v) is 11.0. The molecule has 0 fully saturated rings. The molecule has 0 unspecified atom stereocenters. The van der Waals surface area contributed by atoms with Crippen molar-refractivity contribution >= 4 is 38.1 Å². The Bertz CT molecular complexity index is 1480. The van der Waals surface area contributed by atoms with E-state index in [1.165, 1.54) is 27.8 Å². The van der Waals surface area contributed by atoms with Gasteiger partial charge in [0.25, 0.3) is 15.9 Å². The summed E-state index contributed by atoms with van der Waals surface area (Å²) in [4.78, 5) is 17.5. The Morgan fingerprint density at radius 2 is 1.82 bits per heavy atom. The zero-order valence-corrected chi connectivity index (χ0v) is 20.4. The number of carbonyl (C=O) groups excluding carboxylic acids is 1. The molecule has 34 heavy (non-hydrogen) atoms. The normalized spacial score (nSPS) is 15.2. The fraction of sp³-hybridized carbons (Fsp3) is 0.154. The minimum atomic E-state index is -3.83. The Morgan fingerprint density at radius 3 is 2.62 bits per heavy atom. The van der Waals surface area contributed by atoms with Gasteiger partial charge in [0.1, 0.15) is 0 Å². The van der Waals surface area contributed by atoms with Crippen LogP contribution in [0.3, 0.4) is 0 Å². The zero-order valence-electron chi connectivity index (χ0n) is 18.7. The van der Waals surface area contributed by atoms with E-state index in [0.717, 1.165) is 22.4 Å². The molecule has 1 atom stereocenters. The van der Waals surface area contributed by atoms with Crippen LogP contribution in [0.25, 0.3) is 11.3 Å². The number of thiazole rings is 1. The van der Waals surface area contributed by atoms with Crippen molar-refractivity contribution in [1.82, 2.24) is 4.98 Å². The van der Waals surface area contributed by atoms with Gasteiger partial charge >= 0.3 is 0 Å². The first-order chi connectivity index (χ1) is 16.3. The van der Waals surface area contributed by atoms with Crippen LogP contribution in [-0.2, 0) is 16.4 Å². The molecule has 0 spiro atoms. The molecule has 172 valence electrons. The van der Waals surface area contributed by atoms with Crippen LogP contribution >= 0.6 is 11.3 Å². The fourth-order valence-electron chi connectivity index (χ4n) is 4.17. The predicted octanol–water partition coefficient (Wildman–Crippen LogP) is 5.51. The van der Waals surface area contributed by atoms with Gasteiger partial charge < -0.3 is 0 Å². The third kappa shape index (κ3) is 4.10. The van der Waals surface area contributed by atoms with Gasteiger partial charge in [-0.05, 0) is 50.1 Å². The summed E-state index contributed by atoms with van der Waals surface area (Å²) in [5.41, 5.74) is 4.85. The first-order valence-electron chi connectivity index (χ1n) is 10.9. The molecule has 8 heteroatoms. The SMILES string of the molecule is Cc1ccc(-c2csc(NC(=O)c3cccc(S(=O)(=O)N4c5ccccc5C[C@H]4C)c3)n2)cc1. The lowest BCUT2D eigenvalue weighted by atomic mass is 10.1. The largest absolute Gasteiger partial charge is 0.298 e. The molecule has 1 aliphatic heterocycles. The van der Waals surface area contributed by atoms with Gasteiger partial charge in [0.2, 0.25) is 0 Å². The number of anilines is 2. The number of nitrogens with one attached hydrogen (secondary N) is 1. The molecule has 0 aliphatic carbocycles. The minimum absolute atomic E-state index is 0.0863. The van der Waals surface area contributed by atoms with Crippen molar-refractivity contribution < 1.29 is 13.2 Å². The van der Waals surface area contributed by atoms with Crippen LogP contribution < -0.4 is 9.62 Å². The second kappa shape index (κ2) is 8.70. The first kappa shape index (κ1) is 22.3. The van der Waals surface area contributed by atoms with Crippen LogP contribution in [0.4, 0.5) is 10.8 Å². The number of benzene rings is 3. The van der Waals surface area contributed by atoms with Crippen molar-refractivity contribution in [3.8, 4) is 11.3 Å². The third-order valence-corrected chi connectivity index (χ3v) is 8.55. The highest BCUT2D eigenvalue weighted by Gasteiger charge is 2.36. The van der Waals surface area contributed by atoms with Gasteiger partial charge in [0.05, 0.1) is 16.3 Å². The number of carbonyl (C=O) groups is 1. The average molecular weight is 490 g/mol. The highest BCUT2D eigenvalue weighted by atomic mass is 32.2. The maximum absolute atomic E-state index is 13.5. The molecule has 0 saturated carbocycles. The van der Waals surface area contributed by atoms with Crippen molar-refractivity contribution in [3.05, 3.63) is 94.9 Å². The maximum Gasteiger partial charge on any atom is 0.264 e. The Balaban J connectivity index is 1.38. The van der Waals surface area contributed by atoms with Crippen LogP contribution in [0.2, 0.25) is 0 Å². The molecule has 0 saturated heterocycles. The lowest BCUT2D eigenvalue weighted by Gasteiger charge is -2.24. The molecule has 1 aromatic heterocycles. The Morgan fingerprint density at radius 1 is 1.06 bits per heavy atom. The number of fused-ring (bicyclic) bond motifs is 1. The van der Waals surface area contributed by atoms with Gasteiger partial charge in [0, 0.05) is 22.5 Å². The van der Waals surface area contributed by atoms with E-state index in [9.17, 15) is 13.2 Å². The van der Waals surface area contributed by atoms with Crippen LogP contribution in [0.1, 0.15) is 28.4 Å². The summed E-state index contributed by atoms with van der Waals surface area (Å²) < 4.78 is 28.5. The van der Waals surface area contributed by atoms with E-state index in [0.29, 0.717) is 17.2 Å². The number of sulfonamides is 1. The van der Waals surface area contributed by atoms with Gasteiger partial charge in [-0.2, -0.15) is 0 Å². The molecular formula is C26H23N3O3S2. The van der Waals surface area contributed by atoms with Crippen molar-refractivity contribution in [2.24, 2.45) is 0 Å². The first-order valence-corrected chi connectivity index (χ1v) is 13.2. The molecular weight excluding hydrogens is 466 g/mol. The standard InChI is InChI=1S/C26H23N3O3S2/c1-17-10-12-19(13-11-17)23-16-33-26(27-23)28-25(30)21-7-5-8-22(15-21)34(31,32)29-18(2)14-20-6-3-4-9-24(20)29/h3-13,15-16,18H,14H2,1-2H3,(H,27,28,30)/t18-/m1/s1. The smallest absolute Gasteiger partial charge is 0.264 e. The molecule has 5 rings (SSSR count). The number of nitrogens with zero attached hydrogens (tertiary/aromatic N) is 2. The van der Waals surface area contributed by atoms with E-state index in [1.54, 1.807) is 12.1 Å². The molecule has 0 bridgehead atoms. The van der Waals surface area contributed by atoms with Crippen molar-refractivity contribution in [1.29, 1.82) is 0 Å². The van der Waals surface area contributed by atoms with Gasteiger partial charge in [0.15, 0.2) is 5.13 Å². The van der Waals surface area contributed by atoms with E-state index in [1.807, 2.05) is 67.8 Å². The van der Waals surface area contributed by atoms with E-state index >= 15 is 0 Å². The highest BCUT2D eigenvalue weighted by molar-refractivity contribution is 7.92. The molecule has 1 amide bonds. The number of amides is 1. The van der Waals surface area contributed by atoms with Gasteiger partial charge in [-0.25, -0.2) is 13.4 Å². The van der Waals surface area contributed by atoms with E-state index in [4.69, 9.17) is 0 Å². The summed E-state index contributed by atoms with van der Waals surface area (Å²) in [7, 11) is -3.83. The van der Waals surface area contributed by atoms with Crippen molar-refractivity contribution in [2.75, 3.05) is 9.62 Å². The van der Waals surface area contributed by atoms with Gasteiger partial charge in [-0.3, -0.25) is 14.4 Å². The lowest BCUT2D eigenvalue weighted by Crippen LogP contribution is -2.35. The second-order valence-electron chi connectivity index (χ2n) is 8.37. The number of para-hydroxylation sites is 1. The highest BCUT2D eigenvalue weighted by Crippen LogP contribution is 2.36. The van der Waals surface area contributed by atoms with Crippen LogP contribution in [0, 0.1) is 6.92 Å². The van der Waals surface area contributed by atoms with Crippen molar-refractivity contribution in [2.45, 2.75) is 31.2 Å². The summed E-state index contributed by atoms with van der Waals surface area (Å²) >= 11 is 1.32. The molecule has 4 aromatic rings. The molecule has 2 heterocycles. The van der Waals surface area contributed by atoms with Crippen LogP contribution in [0.5, 0.6) is 0 Å². The molecule has 6 nitrogen and oxygen atoms in total. The number of rotatable bonds is 5. The molecule has 3 aromatic carbocycles. The van der Waals surface area contributed by atoms with E-state index in [2.05, 4.69) is 10.3 Å². The summed E-state index contributed by atoms with van der Waals surface area (Å²) in [6.45, 7) is 3.91. The molecule has 0 radical (unpaired) electrons. The maximum atomic E-state index is 13.5. The lowest BCUT2D eigenvalue weighted by molar-refractivity contribution is 0.102. The molecule has 1 N–H and O–H groups in total. The quantitative estimate of drug-likeness (QED) is 0.401. The molecule has 1 aliphatic rings. The number of aryl methyl sites for hydroxylation is 1. The van der Waals surface area contributed by atoms with Crippen molar-refractivity contribution in [3.63, 3.8) is 0 Å². The van der Waals surface area contributed by atoms with E-state index in [-0.39, 0.29) is 16.5 Å². The number of aromatic nitrogens is 1. The summed E-state index contributed by atoms with van der Waals surface area (Å²) in [6, 6.07) is 21.5. The Hall–Kier alpha value is -3.49. The van der Waals surface area contributed by atoms with Gasteiger partial charge in [-0.15, -0.1) is 11.3 Å². The third-order valence-electron chi connectivity index (χ3n) is 5.87. The predicted molar refractivity (Wildman–Crippen MR) is 136 cm³/mol. The van der Waals surface area contributed by atoms with E-state index < -0.39 is 15.9 Å². The zero-order chi connectivity index (χ0) is 23.9. The fourth-order valence-corrected chi connectivity index (χ4v) is 6.63. The monoisotopic (exact) mass is 489 g/mol. The summed E-state index contributed by atoms with van der Waals surface area (Å²) in [6.07, 6.45) is 0.656. The minimum Gasteiger partial charge on any atom is -0.298 e. The number of hydrogen-bond acceptors (Lipinski definition) is 5. The summed E-state index contributed by atoms with van der Waals surface area (Å²) in [5, 5.41) is 5.13. The van der Waals surface area contributed by atoms with Crippen LogP contribution in [-0.4, -0.2) is 25.4 Å². The number of hydrogen-bond donors (Lipinski definition) is 1.